The van der Waals surface area contributed by atoms with Crippen molar-refractivity contribution in [3.05, 3.63) is 0 Å². The maximum Gasteiger partial charge on any atom is 0.0656 e. The first-order valence-electron chi connectivity index (χ1n) is 8.68. The lowest BCUT2D eigenvalue weighted by Crippen LogP contribution is -2.62. The van der Waals surface area contributed by atoms with Crippen LogP contribution in [0.15, 0.2) is 0 Å². The smallest absolute Gasteiger partial charge is 0.0656 e. The highest BCUT2D eigenvalue weighted by atomic mass is 16.5. The van der Waals surface area contributed by atoms with E-state index in [1.165, 1.54) is 45.1 Å². The number of hydrogen-bond donors (Lipinski definition) is 1. The van der Waals surface area contributed by atoms with E-state index in [4.69, 9.17) is 4.74 Å². The Morgan fingerprint density at radius 1 is 1.10 bits per heavy atom. The van der Waals surface area contributed by atoms with Crippen LogP contribution in [0.1, 0.15) is 73.1 Å². The van der Waals surface area contributed by atoms with Gasteiger partial charge in [-0.05, 0) is 30.6 Å². The average Bonchev–Trinajstić information content (AvgIpc) is 2.37. The van der Waals surface area contributed by atoms with Crippen LogP contribution in [0.2, 0.25) is 0 Å². The zero-order valence-corrected chi connectivity index (χ0v) is 14.3. The fourth-order valence-corrected chi connectivity index (χ4v) is 3.77. The molecule has 2 saturated carbocycles. The van der Waals surface area contributed by atoms with Gasteiger partial charge in [0.25, 0.3) is 0 Å². The zero-order valence-electron chi connectivity index (χ0n) is 14.3. The van der Waals surface area contributed by atoms with Gasteiger partial charge in [0, 0.05) is 24.6 Å². The van der Waals surface area contributed by atoms with Gasteiger partial charge >= 0.3 is 0 Å². The van der Waals surface area contributed by atoms with Crippen LogP contribution < -0.4 is 5.32 Å². The van der Waals surface area contributed by atoms with Gasteiger partial charge in [-0.3, -0.25) is 0 Å². The van der Waals surface area contributed by atoms with Crippen molar-refractivity contribution in [2.45, 2.75) is 85.3 Å². The molecule has 2 fully saturated rings. The molecule has 0 amide bonds. The van der Waals surface area contributed by atoms with Gasteiger partial charge in [0.2, 0.25) is 0 Å². The Morgan fingerprint density at radius 2 is 1.75 bits per heavy atom. The number of nitrogens with one attached hydrogen (secondary N) is 1. The van der Waals surface area contributed by atoms with Gasteiger partial charge in [0.05, 0.1) is 6.10 Å². The quantitative estimate of drug-likeness (QED) is 0.780. The molecular formula is C18H35NO. The highest BCUT2D eigenvalue weighted by molar-refractivity contribution is 5.03. The number of hydrogen-bond acceptors (Lipinski definition) is 2. The van der Waals surface area contributed by atoms with Gasteiger partial charge in [0.15, 0.2) is 0 Å². The summed E-state index contributed by atoms with van der Waals surface area (Å²) >= 11 is 0. The number of rotatable bonds is 6. The summed E-state index contributed by atoms with van der Waals surface area (Å²) in [6, 6.07) is 0.637. The lowest BCUT2D eigenvalue weighted by atomic mass is 9.64. The molecule has 0 aliphatic heterocycles. The minimum Gasteiger partial charge on any atom is -0.377 e. The molecule has 0 heterocycles. The van der Waals surface area contributed by atoms with Gasteiger partial charge in [-0.1, -0.05) is 53.9 Å². The van der Waals surface area contributed by atoms with Gasteiger partial charge in [-0.2, -0.15) is 0 Å². The summed E-state index contributed by atoms with van der Waals surface area (Å²) in [5.41, 5.74) is 0.831. The van der Waals surface area contributed by atoms with E-state index >= 15 is 0 Å². The van der Waals surface area contributed by atoms with Gasteiger partial charge in [0.1, 0.15) is 0 Å². The van der Waals surface area contributed by atoms with E-state index < -0.39 is 0 Å². The molecule has 2 rings (SSSR count). The molecule has 2 nitrogen and oxygen atoms in total. The van der Waals surface area contributed by atoms with Gasteiger partial charge in [-0.15, -0.1) is 0 Å². The summed E-state index contributed by atoms with van der Waals surface area (Å²) < 4.78 is 6.06. The van der Waals surface area contributed by atoms with E-state index in [-0.39, 0.29) is 0 Å². The fourth-order valence-electron chi connectivity index (χ4n) is 3.77. The molecule has 118 valence electrons. The highest BCUT2D eigenvalue weighted by Gasteiger charge is 2.49. The average molecular weight is 281 g/mol. The lowest BCUT2D eigenvalue weighted by Gasteiger charge is -2.53. The molecule has 2 atom stereocenters. The molecule has 0 aromatic heterocycles. The minimum atomic E-state index is 0.292. The number of ether oxygens (including phenoxy) is 1. The maximum absolute atomic E-state index is 6.06. The molecule has 0 spiro atoms. The topological polar surface area (TPSA) is 21.3 Å². The second-order valence-corrected chi connectivity index (χ2v) is 8.58. The third-order valence-corrected chi connectivity index (χ3v) is 5.64. The second-order valence-electron chi connectivity index (χ2n) is 8.58. The molecule has 20 heavy (non-hydrogen) atoms. The van der Waals surface area contributed by atoms with Crippen LogP contribution in [-0.4, -0.2) is 25.3 Å². The third-order valence-electron chi connectivity index (χ3n) is 5.64. The summed E-state index contributed by atoms with van der Waals surface area (Å²) in [5.74, 6) is 0.638. The first kappa shape index (κ1) is 16.3. The SMILES string of the molecule is CC(C)COC1CC(NCC2(C)CCCCC2)C1(C)C. The third kappa shape index (κ3) is 3.76. The van der Waals surface area contributed by atoms with Crippen LogP contribution in [0, 0.1) is 16.7 Å². The molecule has 2 aliphatic carbocycles. The van der Waals surface area contributed by atoms with Crippen LogP contribution in [0.25, 0.3) is 0 Å². The predicted molar refractivity (Wildman–Crippen MR) is 86.0 cm³/mol. The molecule has 2 unspecified atom stereocenters. The van der Waals surface area contributed by atoms with Crippen molar-refractivity contribution in [1.82, 2.24) is 5.32 Å². The van der Waals surface area contributed by atoms with E-state index in [0.29, 0.717) is 28.9 Å². The largest absolute Gasteiger partial charge is 0.377 e. The van der Waals surface area contributed by atoms with Crippen molar-refractivity contribution in [3.63, 3.8) is 0 Å². The van der Waals surface area contributed by atoms with Crippen molar-refractivity contribution in [2.75, 3.05) is 13.2 Å². The fraction of sp³-hybridized carbons (Fsp3) is 1.00. The lowest BCUT2D eigenvalue weighted by molar-refractivity contribution is -0.125. The minimum absolute atomic E-state index is 0.292. The van der Waals surface area contributed by atoms with Crippen LogP contribution >= 0.6 is 0 Å². The Hall–Kier alpha value is -0.0800. The molecule has 2 aliphatic rings. The molecule has 2 heteroatoms. The summed E-state index contributed by atoms with van der Waals surface area (Å²) in [5, 5.41) is 3.86. The predicted octanol–water partition coefficient (Wildman–Crippen LogP) is 4.39. The molecule has 0 aromatic rings. The van der Waals surface area contributed by atoms with E-state index in [9.17, 15) is 0 Å². The second kappa shape index (κ2) is 6.36. The normalized spacial score (nSPS) is 32.1. The van der Waals surface area contributed by atoms with E-state index in [2.05, 4.69) is 39.9 Å². The summed E-state index contributed by atoms with van der Waals surface area (Å²) in [4.78, 5) is 0. The monoisotopic (exact) mass is 281 g/mol. The van der Waals surface area contributed by atoms with Crippen molar-refractivity contribution in [1.29, 1.82) is 0 Å². The molecular weight excluding hydrogens is 246 g/mol. The first-order valence-corrected chi connectivity index (χ1v) is 8.68. The molecule has 0 saturated heterocycles. The molecule has 1 N–H and O–H groups in total. The van der Waals surface area contributed by atoms with Crippen molar-refractivity contribution < 1.29 is 4.74 Å². The van der Waals surface area contributed by atoms with Gasteiger partial charge < -0.3 is 10.1 Å². The Kier molecular flexibility index (Phi) is 5.18. The van der Waals surface area contributed by atoms with Crippen molar-refractivity contribution in [2.24, 2.45) is 16.7 Å². The standard InChI is InChI=1S/C18H35NO/c1-14(2)12-20-16-11-15(17(16,3)4)19-13-18(5)9-7-6-8-10-18/h14-16,19H,6-13H2,1-5H3. The summed E-state index contributed by atoms with van der Waals surface area (Å²) in [6.07, 6.45) is 8.73. The molecule has 0 radical (unpaired) electrons. The zero-order chi connectivity index (χ0) is 14.8. The van der Waals surface area contributed by atoms with Crippen LogP contribution in [0.3, 0.4) is 0 Å². The van der Waals surface area contributed by atoms with Crippen LogP contribution in [0.4, 0.5) is 0 Å². The van der Waals surface area contributed by atoms with Crippen molar-refractivity contribution >= 4 is 0 Å². The van der Waals surface area contributed by atoms with Gasteiger partial charge in [-0.25, -0.2) is 0 Å². The highest BCUT2D eigenvalue weighted by Crippen LogP contribution is 2.44. The van der Waals surface area contributed by atoms with Crippen LogP contribution in [-0.2, 0) is 4.74 Å². The molecule has 0 bridgehead atoms. The Morgan fingerprint density at radius 3 is 2.30 bits per heavy atom. The Balaban J connectivity index is 1.75. The first-order chi connectivity index (χ1) is 9.33. The van der Waals surface area contributed by atoms with E-state index in [1.54, 1.807) is 0 Å². The van der Waals surface area contributed by atoms with E-state index in [0.717, 1.165) is 6.61 Å². The molecule has 0 aromatic carbocycles. The van der Waals surface area contributed by atoms with Crippen LogP contribution in [0.5, 0.6) is 0 Å². The van der Waals surface area contributed by atoms with Crippen molar-refractivity contribution in [3.8, 4) is 0 Å². The summed E-state index contributed by atoms with van der Waals surface area (Å²) in [6.45, 7) is 13.7. The Labute approximate surface area is 126 Å². The maximum atomic E-state index is 6.06. The van der Waals surface area contributed by atoms with E-state index in [1.807, 2.05) is 0 Å². The summed E-state index contributed by atoms with van der Waals surface area (Å²) in [7, 11) is 0. The Bertz CT molecular complexity index is 305.